The highest BCUT2D eigenvalue weighted by atomic mass is 19.1. The summed E-state index contributed by atoms with van der Waals surface area (Å²) >= 11 is 0. The number of anilines is 1. The number of halogens is 1. The van der Waals surface area contributed by atoms with Crippen LogP contribution in [-0.4, -0.2) is 0 Å². The van der Waals surface area contributed by atoms with E-state index in [0.29, 0.717) is 5.69 Å². The maximum Gasteiger partial charge on any atom is 0.125 e. The van der Waals surface area contributed by atoms with E-state index in [1.54, 1.807) is 12.1 Å². The fraction of sp³-hybridized carbons (Fsp3) is 0. The molecule has 0 bridgehead atoms. The quantitative estimate of drug-likeness (QED) is 0.433. The zero-order valence-corrected chi connectivity index (χ0v) is 5.68. The SMILES string of the molecule is C=C.Nc1cccc(F)c1. The number of hydrogen-bond donors (Lipinski definition) is 1. The first-order valence-electron chi connectivity index (χ1n) is 2.80. The lowest BCUT2D eigenvalue weighted by Crippen LogP contribution is -1.83. The largest absolute Gasteiger partial charge is 0.399 e. The summed E-state index contributed by atoms with van der Waals surface area (Å²) < 4.78 is 12.1. The first kappa shape index (κ1) is 8.69. The number of nitrogen functional groups attached to an aromatic ring is 1. The van der Waals surface area contributed by atoms with E-state index >= 15 is 0 Å². The van der Waals surface area contributed by atoms with E-state index in [0.717, 1.165) is 0 Å². The molecule has 0 saturated heterocycles. The van der Waals surface area contributed by atoms with Crippen molar-refractivity contribution in [3.8, 4) is 0 Å². The van der Waals surface area contributed by atoms with Gasteiger partial charge in [-0.1, -0.05) is 6.07 Å². The van der Waals surface area contributed by atoms with E-state index in [-0.39, 0.29) is 5.82 Å². The molecule has 2 N–H and O–H groups in total. The Morgan fingerprint density at radius 2 is 1.90 bits per heavy atom. The monoisotopic (exact) mass is 139 g/mol. The molecule has 1 aromatic carbocycles. The number of benzene rings is 1. The molecule has 0 aliphatic carbocycles. The van der Waals surface area contributed by atoms with Gasteiger partial charge in [-0.25, -0.2) is 4.39 Å². The third-order valence-electron chi connectivity index (χ3n) is 0.849. The van der Waals surface area contributed by atoms with E-state index in [9.17, 15) is 4.39 Å². The summed E-state index contributed by atoms with van der Waals surface area (Å²) in [4.78, 5) is 0. The predicted octanol–water partition coefficient (Wildman–Crippen LogP) is 2.21. The summed E-state index contributed by atoms with van der Waals surface area (Å²) in [6, 6.07) is 5.85. The lowest BCUT2D eigenvalue weighted by molar-refractivity contribution is 0.628. The van der Waals surface area contributed by atoms with Gasteiger partial charge in [0.1, 0.15) is 5.82 Å². The highest BCUT2D eigenvalue weighted by Gasteiger charge is 1.85. The average Bonchev–Trinajstić information content (AvgIpc) is 1.91. The second kappa shape index (κ2) is 4.56. The van der Waals surface area contributed by atoms with Gasteiger partial charge in [-0.05, 0) is 18.2 Å². The van der Waals surface area contributed by atoms with Crippen LogP contribution in [-0.2, 0) is 0 Å². The first-order chi connectivity index (χ1) is 4.79. The van der Waals surface area contributed by atoms with Crippen molar-refractivity contribution >= 4 is 5.69 Å². The second-order valence-electron chi connectivity index (χ2n) is 1.56. The Balaban J connectivity index is 0.000000371. The Bertz CT molecular complexity index is 181. The van der Waals surface area contributed by atoms with E-state index in [4.69, 9.17) is 5.73 Å². The molecule has 0 fully saturated rings. The zero-order chi connectivity index (χ0) is 7.98. The minimum Gasteiger partial charge on any atom is -0.399 e. The van der Waals surface area contributed by atoms with E-state index in [1.165, 1.54) is 12.1 Å². The van der Waals surface area contributed by atoms with Gasteiger partial charge in [-0.15, -0.1) is 13.2 Å². The Kier molecular flexibility index (Phi) is 3.96. The summed E-state index contributed by atoms with van der Waals surface area (Å²) in [5.41, 5.74) is 5.68. The molecule has 0 aliphatic rings. The van der Waals surface area contributed by atoms with Crippen molar-refractivity contribution in [3.05, 3.63) is 43.2 Å². The van der Waals surface area contributed by atoms with Gasteiger partial charge in [0.05, 0.1) is 0 Å². The van der Waals surface area contributed by atoms with Crippen LogP contribution in [0.5, 0.6) is 0 Å². The Morgan fingerprint density at radius 3 is 2.20 bits per heavy atom. The normalized spacial score (nSPS) is 7.70. The van der Waals surface area contributed by atoms with E-state index in [2.05, 4.69) is 13.2 Å². The van der Waals surface area contributed by atoms with Crippen molar-refractivity contribution in [3.63, 3.8) is 0 Å². The van der Waals surface area contributed by atoms with Crippen molar-refractivity contribution < 1.29 is 4.39 Å². The maximum atomic E-state index is 12.1. The maximum absolute atomic E-state index is 12.1. The standard InChI is InChI=1S/C6H6FN.C2H4/c7-5-2-1-3-6(8)4-5;1-2/h1-4H,8H2;1-2H2. The van der Waals surface area contributed by atoms with Crippen LogP contribution in [0.2, 0.25) is 0 Å². The van der Waals surface area contributed by atoms with Gasteiger partial charge in [-0.3, -0.25) is 0 Å². The van der Waals surface area contributed by atoms with Crippen LogP contribution in [0.3, 0.4) is 0 Å². The molecule has 0 heterocycles. The van der Waals surface area contributed by atoms with Crippen LogP contribution >= 0.6 is 0 Å². The molecule has 0 atom stereocenters. The number of hydrogen-bond acceptors (Lipinski definition) is 1. The van der Waals surface area contributed by atoms with Crippen molar-refractivity contribution in [1.82, 2.24) is 0 Å². The third kappa shape index (κ3) is 2.87. The Hall–Kier alpha value is -1.31. The highest BCUT2D eigenvalue weighted by Crippen LogP contribution is 2.02. The van der Waals surface area contributed by atoms with Crippen LogP contribution < -0.4 is 5.73 Å². The molecule has 0 saturated carbocycles. The fourth-order valence-corrected chi connectivity index (χ4v) is 0.507. The van der Waals surface area contributed by atoms with Crippen LogP contribution in [0.1, 0.15) is 0 Å². The van der Waals surface area contributed by atoms with Gasteiger partial charge in [-0.2, -0.15) is 0 Å². The topological polar surface area (TPSA) is 26.0 Å². The van der Waals surface area contributed by atoms with Crippen LogP contribution in [0.25, 0.3) is 0 Å². The number of nitrogens with two attached hydrogens (primary N) is 1. The Morgan fingerprint density at radius 1 is 1.30 bits per heavy atom. The van der Waals surface area contributed by atoms with E-state index < -0.39 is 0 Å². The molecular weight excluding hydrogens is 129 g/mol. The average molecular weight is 139 g/mol. The number of rotatable bonds is 0. The zero-order valence-electron chi connectivity index (χ0n) is 5.68. The van der Waals surface area contributed by atoms with Crippen LogP contribution in [0.4, 0.5) is 10.1 Å². The third-order valence-corrected chi connectivity index (χ3v) is 0.849. The van der Waals surface area contributed by atoms with E-state index in [1.807, 2.05) is 0 Å². The Labute approximate surface area is 60.0 Å². The summed E-state index contributed by atoms with van der Waals surface area (Å²) in [5.74, 6) is -0.287. The molecule has 0 amide bonds. The fourth-order valence-electron chi connectivity index (χ4n) is 0.507. The molecule has 2 heteroatoms. The lowest BCUT2D eigenvalue weighted by Gasteiger charge is -1.88. The minimum absolute atomic E-state index is 0.287. The summed E-state index contributed by atoms with van der Waals surface area (Å²) in [7, 11) is 0. The molecule has 54 valence electrons. The predicted molar refractivity (Wildman–Crippen MR) is 42.1 cm³/mol. The summed E-state index contributed by atoms with van der Waals surface area (Å²) in [6.07, 6.45) is 0. The lowest BCUT2D eigenvalue weighted by atomic mass is 10.3. The minimum atomic E-state index is -0.287. The van der Waals surface area contributed by atoms with Crippen molar-refractivity contribution in [2.75, 3.05) is 5.73 Å². The molecular formula is C8H10FN. The first-order valence-corrected chi connectivity index (χ1v) is 2.80. The molecule has 0 spiro atoms. The van der Waals surface area contributed by atoms with Crippen LogP contribution in [0, 0.1) is 5.82 Å². The highest BCUT2D eigenvalue weighted by molar-refractivity contribution is 5.36. The summed E-state index contributed by atoms with van der Waals surface area (Å²) in [6.45, 7) is 6.00. The van der Waals surface area contributed by atoms with Gasteiger partial charge >= 0.3 is 0 Å². The molecule has 0 radical (unpaired) electrons. The molecule has 10 heavy (non-hydrogen) atoms. The molecule has 1 nitrogen and oxygen atoms in total. The summed E-state index contributed by atoms with van der Waals surface area (Å²) in [5, 5.41) is 0. The van der Waals surface area contributed by atoms with Crippen LogP contribution in [0.15, 0.2) is 37.4 Å². The van der Waals surface area contributed by atoms with Crippen molar-refractivity contribution in [1.29, 1.82) is 0 Å². The molecule has 0 aliphatic heterocycles. The van der Waals surface area contributed by atoms with Gasteiger partial charge in [0.2, 0.25) is 0 Å². The van der Waals surface area contributed by atoms with Crippen molar-refractivity contribution in [2.24, 2.45) is 0 Å². The molecule has 1 rings (SSSR count). The molecule has 0 aromatic heterocycles. The van der Waals surface area contributed by atoms with Crippen molar-refractivity contribution in [2.45, 2.75) is 0 Å². The second-order valence-corrected chi connectivity index (χ2v) is 1.56. The van der Waals surface area contributed by atoms with Gasteiger partial charge in [0.25, 0.3) is 0 Å². The molecule has 1 aromatic rings. The van der Waals surface area contributed by atoms with Gasteiger partial charge < -0.3 is 5.73 Å². The smallest absolute Gasteiger partial charge is 0.125 e. The van der Waals surface area contributed by atoms with Gasteiger partial charge in [0.15, 0.2) is 0 Å². The molecule has 0 unspecified atom stereocenters. The van der Waals surface area contributed by atoms with Gasteiger partial charge in [0, 0.05) is 5.69 Å².